The third kappa shape index (κ3) is 5.38. The summed E-state index contributed by atoms with van der Waals surface area (Å²) in [6.45, 7) is 1.44. The summed E-state index contributed by atoms with van der Waals surface area (Å²) in [5.41, 5.74) is 0.0106. The average Bonchev–Trinajstić information content (AvgIpc) is 2.73. The zero-order valence-corrected chi connectivity index (χ0v) is 18.4. The lowest BCUT2D eigenvalue weighted by Gasteiger charge is -2.27. The van der Waals surface area contributed by atoms with Crippen molar-refractivity contribution >= 4 is 27.5 Å². The maximum absolute atomic E-state index is 13.0. The van der Waals surface area contributed by atoms with Crippen LogP contribution in [-0.4, -0.2) is 51.8 Å². The zero-order valence-electron chi connectivity index (χ0n) is 17.6. The van der Waals surface area contributed by atoms with Gasteiger partial charge in [0.1, 0.15) is 27.8 Å². The highest BCUT2D eigenvalue weighted by Gasteiger charge is 2.24. The van der Waals surface area contributed by atoms with Gasteiger partial charge in [-0.15, -0.1) is 0 Å². The Kier molecular flexibility index (Phi) is 7.21. The number of carbonyl (C=O) groups is 1. The van der Waals surface area contributed by atoms with E-state index in [0.717, 1.165) is 38.8 Å². The molecule has 0 amide bonds. The van der Waals surface area contributed by atoms with Crippen LogP contribution in [0.2, 0.25) is 0 Å². The number of aromatic carboxylic acids is 1. The number of benzene rings is 1. The van der Waals surface area contributed by atoms with E-state index in [-0.39, 0.29) is 21.9 Å². The van der Waals surface area contributed by atoms with Crippen LogP contribution in [0.5, 0.6) is 11.5 Å². The first-order valence-corrected chi connectivity index (χ1v) is 11.6. The quantitative estimate of drug-likeness (QED) is 0.661. The summed E-state index contributed by atoms with van der Waals surface area (Å²) in [6.07, 6.45) is 6.64. The minimum Gasteiger partial charge on any atom is -0.497 e. The number of rotatable bonds is 7. The molecule has 168 valence electrons. The molecule has 3 rings (SSSR count). The van der Waals surface area contributed by atoms with Crippen molar-refractivity contribution in [2.45, 2.75) is 37.0 Å². The van der Waals surface area contributed by atoms with Crippen LogP contribution in [0.1, 0.15) is 42.5 Å². The van der Waals surface area contributed by atoms with Crippen molar-refractivity contribution < 1.29 is 27.8 Å². The van der Waals surface area contributed by atoms with Gasteiger partial charge in [-0.05, 0) is 31.0 Å². The van der Waals surface area contributed by atoms with Crippen molar-refractivity contribution in [3.05, 3.63) is 36.0 Å². The first-order chi connectivity index (χ1) is 14.9. The van der Waals surface area contributed by atoms with Gasteiger partial charge in [0.25, 0.3) is 10.0 Å². The molecule has 0 spiro atoms. The SMILES string of the molecule is COc1ccc(OC)c(S(=O)(=O)Nc2cnc(N3CCCCCCC3)c(C(=O)O)c2)c1. The maximum atomic E-state index is 13.0. The third-order valence-electron chi connectivity index (χ3n) is 5.17. The van der Waals surface area contributed by atoms with Gasteiger partial charge in [-0.25, -0.2) is 18.2 Å². The fourth-order valence-corrected chi connectivity index (χ4v) is 4.81. The summed E-state index contributed by atoms with van der Waals surface area (Å²) in [5.74, 6) is -0.323. The number of aromatic nitrogens is 1. The van der Waals surface area contributed by atoms with E-state index in [1.54, 1.807) is 6.07 Å². The highest BCUT2D eigenvalue weighted by molar-refractivity contribution is 7.92. The number of nitrogens with one attached hydrogen (secondary N) is 1. The molecule has 10 heteroatoms. The Morgan fingerprint density at radius 2 is 1.74 bits per heavy atom. The van der Waals surface area contributed by atoms with Crippen LogP contribution in [-0.2, 0) is 10.0 Å². The number of sulfonamides is 1. The lowest BCUT2D eigenvalue weighted by atomic mass is 10.1. The summed E-state index contributed by atoms with van der Waals surface area (Å²) >= 11 is 0. The second-order valence-electron chi connectivity index (χ2n) is 7.28. The molecule has 2 aromatic rings. The fourth-order valence-electron chi connectivity index (χ4n) is 3.59. The molecule has 2 N–H and O–H groups in total. The van der Waals surface area contributed by atoms with Crippen LogP contribution in [0.15, 0.2) is 35.4 Å². The molecule has 0 atom stereocenters. The minimum absolute atomic E-state index is 0.0432. The Bertz CT molecular complexity index is 1030. The van der Waals surface area contributed by atoms with Gasteiger partial charge in [0.15, 0.2) is 0 Å². The number of carboxylic acids is 1. The Morgan fingerprint density at radius 3 is 2.35 bits per heavy atom. The van der Waals surface area contributed by atoms with E-state index in [1.807, 2.05) is 4.90 Å². The summed E-state index contributed by atoms with van der Waals surface area (Å²) < 4.78 is 38.6. The number of pyridine rings is 1. The average molecular weight is 450 g/mol. The van der Waals surface area contributed by atoms with Crippen molar-refractivity contribution in [2.24, 2.45) is 0 Å². The standard InChI is InChI=1S/C21H27N3O6S/c1-29-16-8-9-18(30-2)19(13-16)31(27,28)23-15-12-17(21(25)26)20(22-14-15)24-10-6-4-3-5-7-11-24/h8-9,12-14,23H,3-7,10-11H2,1-2H3,(H,25,26). The van der Waals surface area contributed by atoms with E-state index < -0.39 is 16.0 Å². The normalized spacial score (nSPS) is 15.0. The molecular weight excluding hydrogens is 422 g/mol. The lowest BCUT2D eigenvalue weighted by molar-refractivity contribution is 0.0697. The van der Waals surface area contributed by atoms with Gasteiger partial charge in [0.05, 0.1) is 26.1 Å². The molecule has 1 aromatic carbocycles. The Balaban J connectivity index is 1.93. The van der Waals surface area contributed by atoms with Crippen LogP contribution in [0, 0.1) is 0 Å². The van der Waals surface area contributed by atoms with Crippen molar-refractivity contribution in [2.75, 3.05) is 36.9 Å². The van der Waals surface area contributed by atoms with Crippen LogP contribution in [0.25, 0.3) is 0 Å². The van der Waals surface area contributed by atoms with Crippen LogP contribution < -0.4 is 19.1 Å². The lowest BCUT2D eigenvalue weighted by Crippen LogP contribution is -2.29. The molecule has 1 fully saturated rings. The van der Waals surface area contributed by atoms with Crippen molar-refractivity contribution in [3.63, 3.8) is 0 Å². The Labute approximate surface area is 182 Å². The van der Waals surface area contributed by atoms with E-state index in [0.29, 0.717) is 11.6 Å². The predicted octanol–water partition coefficient (Wildman–Crippen LogP) is 3.37. The van der Waals surface area contributed by atoms with Crippen molar-refractivity contribution in [3.8, 4) is 11.5 Å². The molecule has 31 heavy (non-hydrogen) atoms. The summed E-state index contributed by atoms with van der Waals surface area (Å²) in [7, 11) is -1.29. The fraction of sp³-hybridized carbons (Fsp3) is 0.429. The predicted molar refractivity (Wildman–Crippen MR) is 117 cm³/mol. The van der Waals surface area contributed by atoms with Gasteiger partial charge in [0.2, 0.25) is 0 Å². The minimum atomic E-state index is -4.08. The molecule has 0 aliphatic carbocycles. The van der Waals surface area contributed by atoms with Crippen molar-refractivity contribution in [1.82, 2.24) is 4.98 Å². The number of methoxy groups -OCH3 is 2. The first-order valence-electron chi connectivity index (χ1n) is 10.1. The van der Waals surface area contributed by atoms with Gasteiger partial charge in [-0.2, -0.15) is 0 Å². The highest BCUT2D eigenvalue weighted by atomic mass is 32.2. The Hall–Kier alpha value is -3.01. The molecule has 2 heterocycles. The van der Waals surface area contributed by atoms with E-state index in [2.05, 4.69) is 9.71 Å². The molecule has 0 bridgehead atoms. The largest absolute Gasteiger partial charge is 0.497 e. The molecule has 0 saturated carbocycles. The summed E-state index contributed by atoms with van der Waals surface area (Å²) in [5, 5.41) is 9.73. The molecule has 1 saturated heterocycles. The number of anilines is 2. The van der Waals surface area contributed by atoms with Crippen molar-refractivity contribution in [1.29, 1.82) is 0 Å². The summed E-state index contributed by atoms with van der Waals surface area (Å²) in [6, 6.07) is 5.70. The van der Waals surface area contributed by atoms with E-state index in [4.69, 9.17) is 9.47 Å². The number of ether oxygens (including phenoxy) is 2. The van der Waals surface area contributed by atoms with E-state index in [9.17, 15) is 18.3 Å². The molecule has 1 aromatic heterocycles. The summed E-state index contributed by atoms with van der Waals surface area (Å²) in [4.78, 5) is 18.1. The first kappa shape index (κ1) is 22.7. The number of hydrogen-bond acceptors (Lipinski definition) is 7. The number of hydrogen-bond donors (Lipinski definition) is 2. The van der Waals surface area contributed by atoms with Gasteiger partial charge < -0.3 is 19.5 Å². The second kappa shape index (κ2) is 9.86. The zero-order chi connectivity index (χ0) is 22.4. The van der Waals surface area contributed by atoms with Crippen LogP contribution in [0.3, 0.4) is 0 Å². The maximum Gasteiger partial charge on any atom is 0.339 e. The Morgan fingerprint density at radius 1 is 1.06 bits per heavy atom. The van der Waals surface area contributed by atoms with Gasteiger partial charge in [-0.1, -0.05) is 19.3 Å². The molecule has 1 aliphatic heterocycles. The van der Waals surface area contributed by atoms with Gasteiger partial charge in [0, 0.05) is 19.2 Å². The van der Waals surface area contributed by atoms with E-state index in [1.165, 1.54) is 45.0 Å². The van der Waals surface area contributed by atoms with E-state index >= 15 is 0 Å². The molecular formula is C21H27N3O6S. The van der Waals surface area contributed by atoms with Crippen LogP contribution in [0.4, 0.5) is 11.5 Å². The number of nitrogens with zero attached hydrogens (tertiary/aromatic N) is 2. The molecule has 0 unspecified atom stereocenters. The highest BCUT2D eigenvalue weighted by Crippen LogP contribution is 2.31. The van der Waals surface area contributed by atoms with Gasteiger partial charge >= 0.3 is 5.97 Å². The molecule has 1 aliphatic rings. The smallest absolute Gasteiger partial charge is 0.339 e. The van der Waals surface area contributed by atoms with Crippen LogP contribution >= 0.6 is 0 Å². The molecule has 9 nitrogen and oxygen atoms in total. The molecule has 0 radical (unpaired) electrons. The topological polar surface area (TPSA) is 118 Å². The third-order valence-corrected chi connectivity index (χ3v) is 6.57. The second-order valence-corrected chi connectivity index (χ2v) is 8.93. The monoisotopic (exact) mass is 449 g/mol. The van der Waals surface area contributed by atoms with Gasteiger partial charge in [-0.3, -0.25) is 4.72 Å². The number of carboxylic acid groups (broad SMARTS) is 1.